The highest BCUT2D eigenvalue weighted by Gasteiger charge is 2.32. The topological polar surface area (TPSA) is 71.1 Å². The van der Waals surface area contributed by atoms with Crippen molar-refractivity contribution in [2.24, 2.45) is 5.92 Å². The minimum Gasteiger partial charge on any atom is -0.462 e. The summed E-state index contributed by atoms with van der Waals surface area (Å²) in [7, 11) is 1.22. The predicted molar refractivity (Wildman–Crippen MR) is 65.5 cm³/mol. The van der Waals surface area contributed by atoms with E-state index in [0.29, 0.717) is 25.2 Å². The van der Waals surface area contributed by atoms with E-state index in [1.165, 1.54) is 14.2 Å². The first-order chi connectivity index (χ1) is 8.56. The third-order valence-corrected chi connectivity index (χ3v) is 4.79. The summed E-state index contributed by atoms with van der Waals surface area (Å²) < 4.78 is 31.5. The molecule has 0 N–H and O–H groups in total. The molecule has 1 fully saturated rings. The van der Waals surface area contributed by atoms with Crippen molar-refractivity contribution in [1.29, 1.82) is 0 Å². The SMILES string of the molecule is COC/C=C1\C(=O)OCC1CCP(=O)(OC)OC. The molecule has 1 unspecified atom stereocenters. The molecule has 0 aliphatic carbocycles. The van der Waals surface area contributed by atoms with Crippen molar-refractivity contribution in [3.63, 3.8) is 0 Å². The molecule has 0 bridgehead atoms. The van der Waals surface area contributed by atoms with Gasteiger partial charge >= 0.3 is 13.6 Å². The van der Waals surface area contributed by atoms with Crippen LogP contribution < -0.4 is 0 Å². The summed E-state index contributed by atoms with van der Waals surface area (Å²) in [4.78, 5) is 11.5. The molecule has 0 amide bonds. The van der Waals surface area contributed by atoms with E-state index < -0.39 is 7.60 Å². The van der Waals surface area contributed by atoms with Crippen LogP contribution in [0.1, 0.15) is 6.42 Å². The van der Waals surface area contributed by atoms with E-state index in [2.05, 4.69) is 0 Å². The second-order valence-corrected chi connectivity index (χ2v) is 6.30. The van der Waals surface area contributed by atoms with Gasteiger partial charge in [-0.2, -0.15) is 0 Å². The van der Waals surface area contributed by atoms with E-state index in [4.69, 9.17) is 18.5 Å². The molecule has 1 saturated heterocycles. The Morgan fingerprint density at radius 2 is 2.06 bits per heavy atom. The van der Waals surface area contributed by atoms with Gasteiger partial charge in [0.1, 0.15) is 0 Å². The lowest BCUT2D eigenvalue weighted by molar-refractivity contribution is -0.135. The minimum atomic E-state index is -3.03. The van der Waals surface area contributed by atoms with Crippen LogP contribution in [0.15, 0.2) is 11.6 Å². The lowest BCUT2D eigenvalue weighted by atomic mass is 9.99. The summed E-state index contributed by atoms with van der Waals surface area (Å²) in [5, 5.41) is 0. The minimum absolute atomic E-state index is 0.0775. The van der Waals surface area contributed by atoms with Gasteiger partial charge in [-0.1, -0.05) is 0 Å². The highest BCUT2D eigenvalue weighted by Crippen LogP contribution is 2.48. The number of carbonyl (C=O) groups excluding carboxylic acids is 1. The zero-order valence-corrected chi connectivity index (χ0v) is 11.8. The first kappa shape index (κ1) is 15.4. The van der Waals surface area contributed by atoms with Gasteiger partial charge in [-0.25, -0.2) is 4.79 Å². The standard InChI is InChI=1S/C11H19O6P/c1-14-6-4-10-9(8-17-11(10)12)5-7-18(13,15-2)16-3/h4,9H,5-8H2,1-3H3/b10-4-. The Balaban J connectivity index is 2.61. The molecule has 0 aromatic heterocycles. The van der Waals surface area contributed by atoms with Crippen molar-refractivity contribution in [2.75, 3.05) is 40.7 Å². The third kappa shape index (κ3) is 3.92. The maximum absolute atomic E-state index is 11.9. The maximum atomic E-state index is 11.9. The van der Waals surface area contributed by atoms with Gasteiger partial charge in [0.15, 0.2) is 0 Å². The van der Waals surface area contributed by atoms with Crippen molar-refractivity contribution in [3.05, 3.63) is 11.6 Å². The van der Waals surface area contributed by atoms with Crippen LogP contribution in [0.25, 0.3) is 0 Å². The van der Waals surface area contributed by atoms with Gasteiger partial charge in [0, 0.05) is 32.8 Å². The van der Waals surface area contributed by atoms with Crippen LogP contribution in [0, 0.1) is 5.92 Å². The molecule has 0 spiro atoms. The molecular formula is C11H19O6P. The normalized spacial score (nSPS) is 22.5. The summed E-state index contributed by atoms with van der Waals surface area (Å²) in [6.45, 7) is 0.662. The van der Waals surface area contributed by atoms with Crippen LogP contribution in [0.2, 0.25) is 0 Å². The summed E-state index contributed by atoms with van der Waals surface area (Å²) in [5.41, 5.74) is 0.579. The maximum Gasteiger partial charge on any atom is 0.334 e. The Morgan fingerprint density at radius 3 is 2.61 bits per heavy atom. The predicted octanol–water partition coefficient (Wildman–Crippen LogP) is 1.61. The van der Waals surface area contributed by atoms with Crippen LogP contribution in [0.3, 0.4) is 0 Å². The zero-order valence-electron chi connectivity index (χ0n) is 10.9. The molecule has 1 aliphatic heterocycles. The van der Waals surface area contributed by atoms with Crippen LogP contribution in [0.5, 0.6) is 0 Å². The fourth-order valence-electron chi connectivity index (χ4n) is 1.75. The molecule has 1 heterocycles. The molecule has 1 rings (SSSR count). The highest BCUT2D eigenvalue weighted by molar-refractivity contribution is 7.53. The van der Waals surface area contributed by atoms with Gasteiger partial charge in [-0.15, -0.1) is 0 Å². The molecular weight excluding hydrogens is 259 g/mol. The fraction of sp³-hybridized carbons (Fsp3) is 0.727. The number of rotatable bonds is 7. The Kier molecular flexibility index (Phi) is 6.02. The van der Waals surface area contributed by atoms with Gasteiger partial charge in [0.2, 0.25) is 0 Å². The van der Waals surface area contributed by atoms with Crippen LogP contribution in [0.4, 0.5) is 0 Å². The van der Waals surface area contributed by atoms with Crippen LogP contribution in [-0.2, 0) is 27.9 Å². The van der Waals surface area contributed by atoms with E-state index in [1.807, 2.05) is 0 Å². The molecule has 18 heavy (non-hydrogen) atoms. The first-order valence-electron chi connectivity index (χ1n) is 5.63. The Labute approximate surface area is 107 Å². The lowest BCUT2D eigenvalue weighted by Crippen LogP contribution is -2.08. The molecule has 7 heteroatoms. The van der Waals surface area contributed by atoms with Crippen molar-refractivity contribution < 1.29 is 27.9 Å². The van der Waals surface area contributed by atoms with Crippen molar-refractivity contribution >= 4 is 13.6 Å². The summed E-state index contributed by atoms with van der Waals surface area (Å²) in [6, 6.07) is 0. The van der Waals surface area contributed by atoms with E-state index in [1.54, 1.807) is 13.2 Å². The van der Waals surface area contributed by atoms with Crippen LogP contribution >= 0.6 is 7.60 Å². The second-order valence-electron chi connectivity index (χ2n) is 3.90. The van der Waals surface area contributed by atoms with E-state index in [9.17, 15) is 9.36 Å². The lowest BCUT2D eigenvalue weighted by Gasteiger charge is -2.15. The molecule has 0 aromatic carbocycles. The Bertz CT molecular complexity index is 357. The molecule has 0 aromatic rings. The van der Waals surface area contributed by atoms with E-state index >= 15 is 0 Å². The monoisotopic (exact) mass is 278 g/mol. The molecule has 0 saturated carbocycles. The van der Waals surface area contributed by atoms with Crippen LogP contribution in [-0.4, -0.2) is 46.7 Å². The van der Waals surface area contributed by atoms with Crippen molar-refractivity contribution in [1.82, 2.24) is 0 Å². The van der Waals surface area contributed by atoms with E-state index in [-0.39, 0.29) is 18.0 Å². The average molecular weight is 278 g/mol. The van der Waals surface area contributed by atoms with Gasteiger partial charge < -0.3 is 18.5 Å². The summed E-state index contributed by atoms with van der Waals surface area (Å²) >= 11 is 0. The smallest absolute Gasteiger partial charge is 0.334 e. The van der Waals surface area contributed by atoms with Crippen molar-refractivity contribution in [2.45, 2.75) is 6.42 Å². The molecule has 6 nitrogen and oxygen atoms in total. The number of hydrogen-bond donors (Lipinski definition) is 0. The molecule has 1 atom stereocenters. The fourth-order valence-corrected chi connectivity index (χ4v) is 2.89. The number of cyclic esters (lactones) is 1. The Morgan fingerprint density at radius 1 is 1.39 bits per heavy atom. The summed E-state index contributed by atoms with van der Waals surface area (Å²) in [6.07, 6.45) is 2.47. The van der Waals surface area contributed by atoms with Gasteiger partial charge in [0.25, 0.3) is 0 Å². The number of esters is 1. The molecule has 1 aliphatic rings. The van der Waals surface area contributed by atoms with Crippen molar-refractivity contribution in [3.8, 4) is 0 Å². The third-order valence-electron chi connectivity index (χ3n) is 2.87. The first-order valence-corrected chi connectivity index (χ1v) is 7.35. The number of ether oxygens (including phenoxy) is 2. The quantitative estimate of drug-likeness (QED) is 0.400. The number of methoxy groups -OCH3 is 1. The van der Waals surface area contributed by atoms with E-state index in [0.717, 1.165) is 0 Å². The zero-order chi connectivity index (χ0) is 13.6. The second kappa shape index (κ2) is 7.04. The number of carbonyl (C=O) groups is 1. The number of hydrogen-bond acceptors (Lipinski definition) is 6. The summed E-state index contributed by atoms with van der Waals surface area (Å²) in [5.74, 6) is -0.409. The largest absolute Gasteiger partial charge is 0.462 e. The molecule has 104 valence electrons. The van der Waals surface area contributed by atoms with Gasteiger partial charge in [-0.3, -0.25) is 4.57 Å². The molecule has 0 radical (unpaired) electrons. The van der Waals surface area contributed by atoms with Gasteiger partial charge in [0.05, 0.1) is 19.4 Å². The average Bonchev–Trinajstić information content (AvgIpc) is 2.74. The Hall–Kier alpha value is -0.680. The highest BCUT2D eigenvalue weighted by atomic mass is 31.2. The van der Waals surface area contributed by atoms with Gasteiger partial charge in [-0.05, 0) is 12.5 Å².